The maximum Gasteiger partial charge on any atom is 0.337 e. The first-order valence-electron chi connectivity index (χ1n) is 5.51. The molecule has 1 aromatic heterocycles. The van der Waals surface area contributed by atoms with E-state index in [0.717, 1.165) is 5.39 Å². The Kier molecular flexibility index (Phi) is 3.32. The first-order chi connectivity index (χ1) is 8.63. The smallest absolute Gasteiger partial charge is 0.337 e. The molecular formula is C13H13NO4. The van der Waals surface area contributed by atoms with E-state index < -0.39 is 5.97 Å². The summed E-state index contributed by atoms with van der Waals surface area (Å²) in [6.45, 7) is 0.403. The highest BCUT2D eigenvalue weighted by atomic mass is 16.5. The third-order valence-corrected chi connectivity index (χ3v) is 2.80. The lowest BCUT2D eigenvalue weighted by molar-refractivity contribution is -0.140. The van der Waals surface area contributed by atoms with Crippen LogP contribution >= 0.6 is 0 Å². The van der Waals surface area contributed by atoms with Gasteiger partial charge in [0.25, 0.3) is 0 Å². The van der Waals surface area contributed by atoms with Crippen LogP contribution in [-0.4, -0.2) is 28.7 Å². The summed E-state index contributed by atoms with van der Waals surface area (Å²) in [6.07, 6.45) is 1.99. The summed E-state index contributed by atoms with van der Waals surface area (Å²) in [5, 5.41) is 9.99. The molecule has 0 aliphatic carbocycles. The molecular weight excluding hydrogens is 234 g/mol. The molecule has 0 aliphatic rings. The summed E-state index contributed by atoms with van der Waals surface area (Å²) in [7, 11) is 1.33. The number of para-hydroxylation sites is 1. The minimum Gasteiger partial charge on any atom is -0.478 e. The van der Waals surface area contributed by atoms with Crippen molar-refractivity contribution in [1.82, 2.24) is 4.57 Å². The first kappa shape index (κ1) is 12.2. The van der Waals surface area contributed by atoms with Crippen LogP contribution < -0.4 is 0 Å². The van der Waals surface area contributed by atoms with Gasteiger partial charge in [-0.15, -0.1) is 0 Å². The van der Waals surface area contributed by atoms with Crippen LogP contribution in [0.5, 0.6) is 0 Å². The summed E-state index contributed by atoms with van der Waals surface area (Å²) >= 11 is 0. The fourth-order valence-electron chi connectivity index (χ4n) is 1.93. The number of aromatic carboxylic acids is 1. The second kappa shape index (κ2) is 4.91. The first-order valence-corrected chi connectivity index (χ1v) is 5.51. The number of carboxylic acid groups (broad SMARTS) is 1. The zero-order valence-electron chi connectivity index (χ0n) is 9.92. The fourth-order valence-corrected chi connectivity index (χ4v) is 1.93. The topological polar surface area (TPSA) is 68.5 Å². The van der Waals surface area contributed by atoms with E-state index in [1.807, 2.05) is 12.1 Å². The summed E-state index contributed by atoms with van der Waals surface area (Å²) in [5.41, 5.74) is 0.872. The molecule has 0 saturated carbocycles. The molecule has 5 heteroatoms. The molecule has 2 rings (SSSR count). The van der Waals surface area contributed by atoms with Crippen LogP contribution in [0, 0.1) is 0 Å². The number of carboxylic acids is 1. The summed E-state index contributed by atoms with van der Waals surface area (Å²) in [5.74, 6) is -1.29. The molecule has 0 fully saturated rings. The maximum absolute atomic E-state index is 11.2. The van der Waals surface area contributed by atoms with E-state index in [1.54, 1.807) is 22.9 Å². The predicted octanol–water partition coefficient (Wildman–Crippen LogP) is 1.90. The Morgan fingerprint density at radius 2 is 2.11 bits per heavy atom. The van der Waals surface area contributed by atoms with E-state index in [-0.39, 0.29) is 18.0 Å². The quantitative estimate of drug-likeness (QED) is 0.838. The minimum atomic E-state index is -0.974. The second-order valence-electron chi connectivity index (χ2n) is 3.88. The number of nitrogens with zero attached hydrogens (tertiary/aromatic N) is 1. The Labute approximate surface area is 104 Å². The van der Waals surface area contributed by atoms with E-state index in [2.05, 4.69) is 4.74 Å². The number of rotatable bonds is 4. The Hall–Kier alpha value is -2.30. The van der Waals surface area contributed by atoms with Gasteiger partial charge in [-0.25, -0.2) is 4.79 Å². The molecule has 0 spiro atoms. The monoisotopic (exact) mass is 247 g/mol. The van der Waals surface area contributed by atoms with E-state index in [0.29, 0.717) is 12.1 Å². The van der Waals surface area contributed by atoms with Crippen molar-refractivity contribution in [1.29, 1.82) is 0 Å². The number of carbonyl (C=O) groups is 2. The highest BCUT2D eigenvalue weighted by Crippen LogP contribution is 2.20. The molecule has 0 atom stereocenters. The number of ether oxygens (including phenoxy) is 1. The molecule has 5 nitrogen and oxygen atoms in total. The summed E-state index contributed by atoms with van der Waals surface area (Å²) < 4.78 is 6.33. The Balaban J connectivity index is 2.39. The molecule has 0 aliphatic heterocycles. The van der Waals surface area contributed by atoms with Gasteiger partial charge in [0.15, 0.2) is 0 Å². The lowest BCUT2D eigenvalue weighted by atomic mass is 10.1. The van der Waals surface area contributed by atoms with Crippen LogP contribution in [0.3, 0.4) is 0 Å². The van der Waals surface area contributed by atoms with Crippen LogP contribution in [0.15, 0.2) is 30.5 Å². The van der Waals surface area contributed by atoms with E-state index >= 15 is 0 Å². The van der Waals surface area contributed by atoms with Crippen molar-refractivity contribution in [3.05, 3.63) is 36.0 Å². The average molecular weight is 247 g/mol. The zero-order valence-corrected chi connectivity index (χ0v) is 9.92. The van der Waals surface area contributed by atoms with Crippen LogP contribution in [0.1, 0.15) is 16.8 Å². The number of esters is 1. The van der Waals surface area contributed by atoms with Crippen molar-refractivity contribution in [2.75, 3.05) is 7.11 Å². The van der Waals surface area contributed by atoms with Gasteiger partial charge in [-0.1, -0.05) is 12.1 Å². The Morgan fingerprint density at radius 1 is 1.33 bits per heavy atom. The Morgan fingerprint density at radius 3 is 2.78 bits per heavy atom. The van der Waals surface area contributed by atoms with Gasteiger partial charge in [0, 0.05) is 18.1 Å². The second-order valence-corrected chi connectivity index (χ2v) is 3.88. The maximum atomic E-state index is 11.2. The van der Waals surface area contributed by atoms with Crippen molar-refractivity contribution in [3.63, 3.8) is 0 Å². The van der Waals surface area contributed by atoms with Gasteiger partial charge in [0.1, 0.15) is 0 Å². The minimum absolute atomic E-state index is 0.217. The van der Waals surface area contributed by atoms with Crippen LogP contribution in [0.2, 0.25) is 0 Å². The van der Waals surface area contributed by atoms with Crippen LogP contribution in [-0.2, 0) is 16.1 Å². The Bertz CT molecular complexity index is 600. The molecule has 0 bridgehead atoms. The zero-order chi connectivity index (χ0) is 13.1. The molecule has 0 saturated heterocycles. The van der Waals surface area contributed by atoms with Crippen molar-refractivity contribution in [2.45, 2.75) is 13.0 Å². The number of fused-ring (bicyclic) bond motifs is 1. The van der Waals surface area contributed by atoms with Gasteiger partial charge in [-0.3, -0.25) is 4.79 Å². The average Bonchev–Trinajstić information content (AvgIpc) is 2.78. The number of aryl methyl sites for hydroxylation is 1. The normalized spacial score (nSPS) is 10.5. The number of hydrogen-bond acceptors (Lipinski definition) is 3. The van der Waals surface area contributed by atoms with Crippen molar-refractivity contribution >= 4 is 22.8 Å². The third-order valence-electron chi connectivity index (χ3n) is 2.80. The highest BCUT2D eigenvalue weighted by molar-refractivity contribution is 6.02. The van der Waals surface area contributed by atoms with E-state index in [4.69, 9.17) is 5.11 Å². The SMILES string of the molecule is COC(=O)CCn1ccc2cccc(C(=O)O)c21. The molecule has 18 heavy (non-hydrogen) atoms. The summed E-state index contributed by atoms with van der Waals surface area (Å²) in [4.78, 5) is 22.3. The molecule has 94 valence electrons. The number of aromatic nitrogens is 1. The number of benzene rings is 1. The summed E-state index contributed by atoms with van der Waals surface area (Å²) in [6, 6.07) is 6.94. The number of carbonyl (C=O) groups excluding carboxylic acids is 1. The van der Waals surface area contributed by atoms with Gasteiger partial charge in [-0.2, -0.15) is 0 Å². The van der Waals surface area contributed by atoms with Gasteiger partial charge in [0.05, 0.1) is 24.6 Å². The van der Waals surface area contributed by atoms with Crippen molar-refractivity contribution < 1.29 is 19.4 Å². The van der Waals surface area contributed by atoms with Crippen molar-refractivity contribution in [2.24, 2.45) is 0 Å². The molecule has 0 radical (unpaired) electrons. The predicted molar refractivity (Wildman–Crippen MR) is 65.5 cm³/mol. The van der Waals surface area contributed by atoms with Gasteiger partial charge < -0.3 is 14.4 Å². The molecule has 1 heterocycles. The van der Waals surface area contributed by atoms with Crippen LogP contribution in [0.25, 0.3) is 10.9 Å². The number of hydrogen-bond donors (Lipinski definition) is 1. The molecule has 2 aromatic rings. The van der Waals surface area contributed by atoms with Gasteiger partial charge >= 0.3 is 11.9 Å². The number of methoxy groups -OCH3 is 1. The van der Waals surface area contributed by atoms with Crippen LogP contribution in [0.4, 0.5) is 0 Å². The molecule has 1 aromatic carbocycles. The van der Waals surface area contributed by atoms with E-state index in [1.165, 1.54) is 7.11 Å². The fraction of sp³-hybridized carbons (Fsp3) is 0.231. The lowest BCUT2D eigenvalue weighted by Gasteiger charge is -2.06. The molecule has 0 unspecified atom stereocenters. The van der Waals surface area contributed by atoms with Gasteiger partial charge in [-0.05, 0) is 12.1 Å². The molecule has 0 amide bonds. The standard InChI is InChI=1S/C13H13NO4/c1-18-11(15)6-8-14-7-5-9-3-2-4-10(12(9)14)13(16)17/h2-5,7H,6,8H2,1H3,(H,16,17). The third kappa shape index (κ3) is 2.20. The lowest BCUT2D eigenvalue weighted by Crippen LogP contribution is -2.08. The van der Waals surface area contributed by atoms with Crippen molar-refractivity contribution in [3.8, 4) is 0 Å². The largest absolute Gasteiger partial charge is 0.478 e. The van der Waals surface area contributed by atoms with E-state index in [9.17, 15) is 9.59 Å². The highest BCUT2D eigenvalue weighted by Gasteiger charge is 2.12. The van der Waals surface area contributed by atoms with Gasteiger partial charge in [0.2, 0.25) is 0 Å². The molecule has 1 N–H and O–H groups in total.